The predicted octanol–water partition coefficient (Wildman–Crippen LogP) is 2.61. The average Bonchev–Trinajstić information content (AvgIpc) is 2.95. The molecule has 168 valence electrons. The highest BCUT2D eigenvalue weighted by molar-refractivity contribution is 7.90. The quantitative estimate of drug-likeness (QED) is 0.584. The average molecular weight is 450 g/mol. The lowest BCUT2D eigenvalue weighted by Gasteiger charge is -2.26. The van der Waals surface area contributed by atoms with E-state index in [0.717, 1.165) is 0 Å². The van der Waals surface area contributed by atoms with Gasteiger partial charge in [-0.2, -0.15) is 8.42 Å². The zero-order chi connectivity index (χ0) is 22.8. The first-order valence-corrected chi connectivity index (χ1v) is 11.6. The van der Waals surface area contributed by atoms with Crippen LogP contribution in [0.1, 0.15) is 39.5 Å². The molecule has 31 heavy (non-hydrogen) atoms. The number of ether oxygens (including phenoxy) is 1. The molecule has 2 N–H and O–H groups in total. The number of hydrogen-bond acceptors (Lipinski definition) is 7. The number of sulfonamides is 1. The lowest BCUT2D eigenvalue weighted by molar-refractivity contribution is -0.140. The molecule has 2 aliphatic heterocycles. The highest BCUT2D eigenvalue weighted by Gasteiger charge is 2.43. The van der Waals surface area contributed by atoms with Crippen molar-refractivity contribution in [1.29, 1.82) is 0 Å². The van der Waals surface area contributed by atoms with Gasteiger partial charge in [0.15, 0.2) is 5.84 Å². The van der Waals surface area contributed by atoms with E-state index < -0.39 is 22.0 Å². The fourth-order valence-electron chi connectivity index (χ4n) is 3.64. The molecule has 1 amide bonds. The molecule has 1 atom stereocenters. The van der Waals surface area contributed by atoms with Crippen molar-refractivity contribution in [1.82, 2.24) is 4.90 Å². The van der Waals surface area contributed by atoms with Crippen molar-refractivity contribution >= 4 is 33.4 Å². The molecule has 9 nitrogen and oxygen atoms in total. The van der Waals surface area contributed by atoms with Gasteiger partial charge in [0.25, 0.3) is 15.9 Å². The Bertz CT molecular complexity index is 1040. The second-order valence-electron chi connectivity index (χ2n) is 7.96. The molecule has 3 rings (SSSR count). The summed E-state index contributed by atoms with van der Waals surface area (Å²) in [5, 5.41) is 13.8. The fraction of sp³-hybridized carbons (Fsp3) is 0.476. The number of esters is 1. The first-order valence-electron chi connectivity index (χ1n) is 10.2. The Morgan fingerprint density at radius 3 is 2.71 bits per heavy atom. The summed E-state index contributed by atoms with van der Waals surface area (Å²) < 4.78 is 33.6. The first kappa shape index (κ1) is 22.8. The molecule has 0 aliphatic carbocycles. The Morgan fingerprint density at radius 1 is 1.32 bits per heavy atom. The molecule has 10 heteroatoms. The van der Waals surface area contributed by atoms with Crippen LogP contribution < -0.4 is 5.32 Å². The summed E-state index contributed by atoms with van der Waals surface area (Å²) in [7, 11) is -2.72. The van der Waals surface area contributed by atoms with Crippen molar-refractivity contribution in [3.63, 3.8) is 0 Å². The first-order chi connectivity index (χ1) is 14.7. The summed E-state index contributed by atoms with van der Waals surface area (Å²) in [5.41, 5.74) is 0.147. The third-order valence-corrected chi connectivity index (χ3v) is 6.66. The Kier molecular flexibility index (Phi) is 6.68. The number of rotatable bonds is 8. The number of fused-ring (bicyclic) bond motifs is 1. The summed E-state index contributed by atoms with van der Waals surface area (Å²) in [4.78, 5) is 26.2. The van der Waals surface area contributed by atoms with Gasteiger partial charge in [0.1, 0.15) is 16.2 Å². The zero-order valence-electron chi connectivity index (χ0n) is 17.8. The SMILES string of the molecule is COC(=O)CCCC1C(O)=C(C2=NS(=O)(=O)c3ccccc3N2)C(=O)N1CCC(C)C. The monoisotopic (exact) mass is 449 g/mol. The van der Waals surface area contributed by atoms with Gasteiger partial charge < -0.3 is 20.1 Å². The third-order valence-electron chi connectivity index (χ3n) is 5.32. The highest BCUT2D eigenvalue weighted by atomic mass is 32.2. The van der Waals surface area contributed by atoms with Crippen LogP contribution >= 0.6 is 0 Å². The second-order valence-corrected chi connectivity index (χ2v) is 9.53. The Labute approximate surface area is 181 Å². The zero-order valence-corrected chi connectivity index (χ0v) is 18.6. The van der Waals surface area contributed by atoms with Crippen LogP contribution in [0.3, 0.4) is 0 Å². The largest absolute Gasteiger partial charge is 0.509 e. The molecular formula is C21H27N3O6S. The van der Waals surface area contributed by atoms with Gasteiger partial charge in [-0.1, -0.05) is 26.0 Å². The van der Waals surface area contributed by atoms with Gasteiger partial charge in [-0.3, -0.25) is 9.59 Å². The van der Waals surface area contributed by atoms with Crippen LogP contribution in [-0.2, 0) is 24.3 Å². The van der Waals surface area contributed by atoms with Crippen molar-refractivity contribution in [3.8, 4) is 0 Å². The number of benzene rings is 1. The fourth-order valence-corrected chi connectivity index (χ4v) is 4.77. The molecule has 0 saturated carbocycles. The minimum Gasteiger partial charge on any atom is -0.509 e. The smallest absolute Gasteiger partial charge is 0.305 e. The van der Waals surface area contributed by atoms with E-state index in [1.807, 2.05) is 13.8 Å². The summed E-state index contributed by atoms with van der Waals surface area (Å²) in [6, 6.07) is 5.59. The van der Waals surface area contributed by atoms with Crippen molar-refractivity contribution in [2.24, 2.45) is 10.3 Å². The maximum Gasteiger partial charge on any atom is 0.305 e. The number of nitrogens with one attached hydrogen (secondary N) is 1. The summed E-state index contributed by atoms with van der Waals surface area (Å²) in [6.07, 6.45) is 1.61. The molecule has 0 fully saturated rings. The van der Waals surface area contributed by atoms with E-state index in [1.54, 1.807) is 18.2 Å². The molecule has 2 aliphatic rings. The van der Waals surface area contributed by atoms with Gasteiger partial charge in [0.2, 0.25) is 0 Å². The minimum atomic E-state index is -4.02. The number of nitrogens with zero attached hydrogens (tertiary/aromatic N) is 2. The van der Waals surface area contributed by atoms with Gasteiger partial charge in [0, 0.05) is 13.0 Å². The molecule has 0 bridgehead atoms. The number of anilines is 1. The molecule has 0 saturated heterocycles. The summed E-state index contributed by atoms with van der Waals surface area (Å²) >= 11 is 0. The van der Waals surface area contributed by atoms with Crippen LogP contribution in [0.4, 0.5) is 5.69 Å². The number of aliphatic hydroxyl groups is 1. The number of para-hydroxylation sites is 1. The molecular weight excluding hydrogens is 422 g/mol. The van der Waals surface area contributed by atoms with Crippen molar-refractivity contribution < 1.29 is 27.9 Å². The molecule has 1 aromatic rings. The van der Waals surface area contributed by atoms with Gasteiger partial charge in [-0.15, -0.1) is 4.40 Å². The molecule has 0 aromatic heterocycles. The molecule has 1 aromatic carbocycles. The van der Waals surface area contributed by atoms with E-state index >= 15 is 0 Å². The van der Waals surface area contributed by atoms with Gasteiger partial charge in [0.05, 0.1) is 18.8 Å². The van der Waals surface area contributed by atoms with Crippen LogP contribution in [-0.4, -0.2) is 55.8 Å². The number of hydrogen-bond donors (Lipinski definition) is 2. The van der Waals surface area contributed by atoms with E-state index in [1.165, 1.54) is 18.1 Å². The Balaban J connectivity index is 1.93. The van der Waals surface area contributed by atoms with Crippen molar-refractivity contribution in [2.75, 3.05) is 19.0 Å². The van der Waals surface area contributed by atoms with Crippen molar-refractivity contribution in [3.05, 3.63) is 35.6 Å². The van der Waals surface area contributed by atoms with Crippen LogP contribution in [0, 0.1) is 5.92 Å². The van der Waals surface area contributed by atoms with E-state index in [0.29, 0.717) is 37.4 Å². The topological polar surface area (TPSA) is 125 Å². The van der Waals surface area contributed by atoms with Crippen LogP contribution in [0.15, 0.2) is 44.9 Å². The molecule has 0 spiro atoms. The maximum absolute atomic E-state index is 13.2. The van der Waals surface area contributed by atoms with Crippen LogP contribution in [0.2, 0.25) is 0 Å². The molecule has 2 heterocycles. The lowest BCUT2D eigenvalue weighted by atomic mass is 10.1. The summed E-state index contributed by atoms with van der Waals surface area (Å²) in [5.74, 6) is -0.956. The minimum absolute atomic E-state index is 0.00979. The van der Waals surface area contributed by atoms with E-state index in [2.05, 4.69) is 14.5 Å². The number of amides is 1. The predicted molar refractivity (Wildman–Crippen MR) is 115 cm³/mol. The van der Waals surface area contributed by atoms with Crippen LogP contribution in [0.5, 0.6) is 0 Å². The van der Waals surface area contributed by atoms with Gasteiger partial charge in [-0.05, 0) is 37.3 Å². The van der Waals surface area contributed by atoms with Gasteiger partial charge >= 0.3 is 5.97 Å². The Morgan fingerprint density at radius 2 is 2.03 bits per heavy atom. The number of carbonyl (C=O) groups excluding carboxylic acids is 2. The van der Waals surface area contributed by atoms with E-state index in [4.69, 9.17) is 0 Å². The number of aliphatic hydroxyl groups excluding tert-OH is 1. The number of amidine groups is 1. The van der Waals surface area contributed by atoms with E-state index in [-0.39, 0.29) is 34.5 Å². The van der Waals surface area contributed by atoms with E-state index in [9.17, 15) is 23.1 Å². The van der Waals surface area contributed by atoms with Gasteiger partial charge in [-0.25, -0.2) is 0 Å². The maximum atomic E-state index is 13.2. The summed E-state index contributed by atoms with van der Waals surface area (Å²) in [6.45, 7) is 4.44. The number of carbonyl (C=O) groups is 2. The Hall–Kier alpha value is -2.88. The standard InChI is InChI=1S/C21H27N3O6S/c1-13(2)11-12-24-15(8-6-10-17(25)30-3)19(26)18(21(24)27)20-22-14-7-4-5-9-16(14)31(28,29)23-20/h4-5,7,9,13,15,26H,6,8,10-12H2,1-3H3,(H,22,23). The lowest BCUT2D eigenvalue weighted by Crippen LogP contribution is -2.38. The molecule has 0 radical (unpaired) electrons. The second kappa shape index (κ2) is 9.09. The number of methoxy groups -OCH3 is 1. The highest BCUT2D eigenvalue weighted by Crippen LogP contribution is 2.34. The van der Waals surface area contributed by atoms with Crippen LogP contribution in [0.25, 0.3) is 0 Å². The molecule has 1 unspecified atom stereocenters. The van der Waals surface area contributed by atoms with Crippen molar-refractivity contribution in [2.45, 2.75) is 50.5 Å². The third kappa shape index (κ3) is 4.73. The normalized spacial score (nSPS) is 19.9.